The molecule has 4 rings (SSSR count). The minimum atomic E-state index is -0.858. The Balaban J connectivity index is 1.66. The van der Waals surface area contributed by atoms with E-state index >= 15 is 0 Å². The van der Waals surface area contributed by atoms with E-state index in [1.165, 1.54) is 12.1 Å². The van der Waals surface area contributed by atoms with E-state index < -0.39 is 29.7 Å². The standard InChI is InChI=1S/C23H24BrFO4/c1-23(2)17-12-15(22(26)27)19(9-8-13-6-4-3-5-7-13)28-20(17)16-10-14(25)11-18(24)21(16)29-23/h3-7,10-11,15,17,19-20H,8-9,12H2,1-2H3,(H,26,27)/t15-,17-,19-,20+/m0/s1. The fraction of sp³-hybridized carbons (Fsp3) is 0.435. The van der Waals surface area contributed by atoms with Crippen LogP contribution in [0.5, 0.6) is 5.75 Å². The molecule has 2 aromatic carbocycles. The average Bonchev–Trinajstić information content (AvgIpc) is 2.67. The molecular formula is C23H24BrFO4. The molecule has 4 atom stereocenters. The number of aliphatic carboxylic acids is 1. The van der Waals surface area contributed by atoms with Crippen LogP contribution in [0.15, 0.2) is 46.9 Å². The molecule has 2 aliphatic heterocycles. The SMILES string of the molecule is CC1(C)Oc2c(Br)cc(F)cc2[C@H]2O[C@@H](CCc3ccccc3)[C@@H](C(=O)O)C[C@@H]21. The summed E-state index contributed by atoms with van der Waals surface area (Å²) in [5.41, 5.74) is 1.16. The normalized spacial score (nSPS) is 27.4. The lowest BCUT2D eigenvalue weighted by atomic mass is 9.71. The molecule has 154 valence electrons. The second kappa shape index (κ2) is 7.73. The lowest BCUT2D eigenvalue weighted by Gasteiger charge is -2.50. The molecule has 0 aliphatic carbocycles. The smallest absolute Gasteiger partial charge is 0.309 e. The van der Waals surface area contributed by atoms with Crippen molar-refractivity contribution in [2.45, 2.75) is 50.9 Å². The molecule has 4 nitrogen and oxygen atoms in total. The van der Waals surface area contributed by atoms with Crippen LogP contribution in [0, 0.1) is 17.7 Å². The van der Waals surface area contributed by atoms with Crippen LogP contribution in [-0.4, -0.2) is 22.8 Å². The number of carboxylic acids is 1. The van der Waals surface area contributed by atoms with Crippen LogP contribution in [0.1, 0.15) is 43.9 Å². The zero-order chi connectivity index (χ0) is 20.8. The number of rotatable bonds is 4. The molecule has 0 bridgehead atoms. The monoisotopic (exact) mass is 462 g/mol. The van der Waals surface area contributed by atoms with E-state index in [0.717, 1.165) is 12.0 Å². The number of carbonyl (C=O) groups is 1. The van der Waals surface area contributed by atoms with Crippen LogP contribution in [0.25, 0.3) is 0 Å². The molecular weight excluding hydrogens is 439 g/mol. The van der Waals surface area contributed by atoms with Gasteiger partial charge in [-0.25, -0.2) is 4.39 Å². The summed E-state index contributed by atoms with van der Waals surface area (Å²) in [5.74, 6) is -1.46. The first-order chi connectivity index (χ1) is 13.8. The van der Waals surface area contributed by atoms with Gasteiger partial charge in [-0.15, -0.1) is 0 Å². The fourth-order valence-electron chi connectivity index (χ4n) is 4.59. The Morgan fingerprint density at radius 1 is 1.28 bits per heavy atom. The van der Waals surface area contributed by atoms with Gasteiger partial charge in [0.05, 0.1) is 22.6 Å². The molecule has 29 heavy (non-hydrogen) atoms. The highest BCUT2D eigenvalue weighted by Gasteiger charge is 2.52. The van der Waals surface area contributed by atoms with E-state index in [9.17, 15) is 14.3 Å². The maximum Gasteiger partial charge on any atom is 0.309 e. The zero-order valence-electron chi connectivity index (χ0n) is 16.4. The highest BCUT2D eigenvalue weighted by Crippen LogP contribution is 2.54. The van der Waals surface area contributed by atoms with Crippen molar-refractivity contribution in [3.63, 3.8) is 0 Å². The quantitative estimate of drug-likeness (QED) is 0.647. The van der Waals surface area contributed by atoms with Crippen LogP contribution < -0.4 is 4.74 Å². The second-order valence-electron chi connectivity index (χ2n) is 8.42. The molecule has 2 aliphatic rings. The number of hydrogen-bond acceptors (Lipinski definition) is 3. The molecule has 0 aromatic heterocycles. The van der Waals surface area contributed by atoms with Crippen molar-refractivity contribution >= 4 is 21.9 Å². The molecule has 0 saturated carbocycles. The summed E-state index contributed by atoms with van der Waals surface area (Å²) in [5, 5.41) is 9.86. The molecule has 0 spiro atoms. The molecule has 6 heteroatoms. The predicted octanol–water partition coefficient (Wildman–Crippen LogP) is 5.54. The van der Waals surface area contributed by atoms with Crippen molar-refractivity contribution in [1.82, 2.24) is 0 Å². The van der Waals surface area contributed by atoms with Gasteiger partial charge in [0.1, 0.15) is 17.2 Å². The Labute approximate surface area is 178 Å². The summed E-state index contributed by atoms with van der Waals surface area (Å²) in [6.07, 6.45) is 0.902. The van der Waals surface area contributed by atoms with Crippen molar-refractivity contribution in [3.8, 4) is 5.75 Å². The zero-order valence-corrected chi connectivity index (χ0v) is 18.0. The van der Waals surface area contributed by atoms with E-state index in [4.69, 9.17) is 9.47 Å². The number of aryl methyl sites for hydroxylation is 1. The van der Waals surface area contributed by atoms with Gasteiger partial charge in [-0.05, 0) is 66.7 Å². The van der Waals surface area contributed by atoms with E-state index in [-0.39, 0.29) is 11.7 Å². The maximum atomic E-state index is 14.1. The Kier molecular flexibility index (Phi) is 5.42. The third kappa shape index (κ3) is 3.92. The average molecular weight is 463 g/mol. The van der Waals surface area contributed by atoms with Gasteiger partial charge >= 0.3 is 5.97 Å². The molecule has 2 heterocycles. The summed E-state index contributed by atoms with van der Waals surface area (Å²) in [4.78, 5) is 12.0. The highest BCUT2D eigenvalue weighted by atomic mass is 79.9. The first kappa shape index (κ1) is 20.4. The number of carboxylic acid groups (broad SMARTS) is 1. The lowest BCUT2D eigenvalue weighted by molar-refractivity contribution is -0.188. The molecule has 0 amide bonds. The number of benzene rings is 2. The Morgan fingerprint density at radius 2 is 2.00 bits per heavy atom. The van der Waals surface area contributed by atoms with E-state index in [0.29, 0.717) is 28.6 Å². The summed E-state index contributed by atoms with van der Waals surface area (Å²) in [7, 11) is 0. The van der Waals surface area contributed by atoms with Crippen molar-refractivity contribution in [1.29, 1.82) is 0 Å². The summed E-state index contributed by atoms with van der Waals surface area (Å²) in [6.45, 7) is 3.88. The minimum Gasteiger partial charge on any atom is -0.486 e. The van der Waals surface area contributed by atoms with Crippen LogP contribution >= 0.6 is 15.9 Å². The molecule has 2 aromatic rings. The summed E-state index contributed by atoms with van der Waals surface area (Å²) < 4.78 is 27.3. The van der Waals surface area contributed by atoms with Gasteiger partial charge in [-0.2, -0.15) is 0 Å². The predicted molar refractivity (Wildman–Crippen MR) is 110 cm³/mol. The van der Waals surface area contributed by atoms with Crippen molar-refractivity contribution in [3.05, 3.63) is 63.9 Å². The summed E-state index contributed by atoms with van der Waals surface area (Å²) >= 11 is 3.40. The minimum absolute atomic E-state index is 0.183. The maximum absolute atomic E-state index is 14.1. The number of hydrogen-bond donors (Lipinski definition) is 1. The third-order valence-electron chi connectivity index (χ3n) is 6.12. The van der Waals surface area contributed by atoms with Gasteiger partial charge < -0.3 is 14.6 Å². The van der Waals surface area contributed by atoms with Gasteiger partial charge in [0, 0.05) is 11.5 Å². The molecule has 1 fully saturated rings. The van der Waals surface area contributed by atoms with Crippen molar-refractivity contribution in [2.75, 3.05) is 0 Å². The Morgan fingerprint density at radius 3 is 2.69 bits per heavy atom. The topological polar surface area (TPSA) is 55.8 Å². The number of halogens is 2. The van der Waals surface area contributed by atoms with Gasteiger partial charge in [-0.3, -0.25) is 4.79 Å². The lowest BCUT2D eigenvalue weighted by Crippen LogP contribution is -2.52. The van der Waals surface area contributed by atoms with E-state index in [2.05, 4.69) is 15.9 Å². The van der Waals surface area contributed by atoms with E-state index in [1.54, 1.807) is 0 Å². The second-order valence-corrected chi connectivity index (χ2v) is 9.27. The van der Waals surface area contributed by atoms with Crippen molar-refractivity contribution in [2.24, 2.45) is 11.8 Å². The summed E-state index contributed by atoms with van der Waals surface area (Å²) in [6, 6.07) is 12.8. The Hall–Kier alpha value is -1.92. The first-order valence-electron chi connectivity index (χ1n) is 9.86. The number of fused-ring (bicyclic) bond motifs is 3. The first-order valence-corrected chi connectivity index (χ1v) is 10.7. The van der Waals surface area contributed by atoms with Crippen LogP contribution in [0.3, 0.4) is 0 Å². The highest BCUT2D eigenvalue weighted by molar-refractivity contribution is 9.10. The molecule has 1 saturated heterocycles. The molecule has 0 unspecified atom stereocenters. The fourth-order valence-corrected chi connectivity index (χ4v) is 5.11. The molecule has 1 N–H and O–H groups in total. The van der Waals surface area contributed by atoms with Crippen LogP contribution in [-0.2, 0) is 16.0 Å². The largest absolute Gasteiger partial charge is 0.486 e. The van der Waals surface area contributed by atoms with Crippen LogP contribution in [0.2, 0.25) is 0 Å². The van der Waals surface area contributed by atoms with Gasteiger partial charge in [-0.1, -0.05) is 30.3 Å². The van der Waals surface area contributed by atoms with E-state index in [1.807, 2.05) is 44.2 Å². The van der Waals surface area contributed by atoms with Crippen molar-refractivity contribution < 1.29 is 23.8 Å². The van der Waals surface area contributed by atoms with Gasteiger partial charge in [0.15, 0.2) is 0 Å². The number of ether oxygens (including phenoxy) is 2. The van der Waals surface area contributed by atoms with Gasteiger partial charge in [0.25, 0.3) is 0 Å². The Bertz CT molecular complexity index is 915. The van der Waals surface area contributed by atoms with Gasteiger partial charge in [0.2, 0.25) is 0 Å². The molecule has 0 radical (unpaired) electrons. The van der Waals surface area contributed by atoms with Crippen LogP contribution in [0.4, 0.5) is 4.39 Å². The third-order valence-corrected chi connectivity index (χ3v) is 6.71.